The maximum atomic E-state index is 11.6. The van der Waals surface area contributed by atoms with Gasteiger partial charge in [-0.05, 0) is 32.6 Å². The second-order valence-corrected chi connectivity index (χ2v) is 5.96. The minimum atomic E-state index is -0.848. The number of aliphatic hydroxyl groups is 1. The minimum absolute atomic E-state index is 0.102. The first-order valence-electron chi connectivity index (χ1n) is 5.94. The first-order valence-corrected chi connectivity index (χ1v) is 5.94. The molecule has 94 valence electrons. The van der Waals surface area contributed by atoms with Gasteiger partial charge in [-0.15, -0.1) is 0 Å². The SMILES string of the molecule is CC(C)C(O)C1(CNC(=O)C(C)(C)N)CC1. The molecule has 4 N–H and O–H groups in total. The molecule has 1 amide bonds. The molecule has 0 saturated heterocycles. The Morgan fingerprint density at radius 1 is 1.50 bits per heavy atom. The minimum Gasteiger partial charge on any atom is -0.392 e. The molecule has 1 aliphatic carbocycles. The number of rotatable bonds is 5. The number of aliphatic hydroxyl groups excluding tert-OH is 1. The van der Waals surface area contributed by atoms with Gasteiger partial charge in [-0.2, -0.15) is 0 Å². The van der Waals surface area contributed by atoms with Crippen molar-refractivity contribution in [3.63, 3.8) is 0 Å². The largest absolute Gasteiger partial charge is 0.392 e. The van der Waals surface area contributed by atoms with Crippen molar-refractivity contribution in [2.45, 2.75) is 52.2 Å². The predicted molar refractivity (Wildman–Crippen MR) is 63.8 cm³/mol. The van der Waals surface area contributed by atoms with Crippen molar-refractivity contribution in [3.05, 3.63) is 0 Å². The van der Waals surface area contributed by atoms with Crippen LogP contribution in [0.15, 0.2) is 0 Å². The number of hydrogen-bond acceptors (Lipinski definition) is 3. The van der Waals surface area contributed by atoms with Gasteiger partial charge in [0.05, 0.1) is 11.6 Å². The highest BCUT2D eigenvalue weighted by atomic mass is 16.3. The molecule has 4 heteroatoms. The van der Waals surface area contributed by atoms with Gasteiger partial charge in [0, 0.05) is 12.0 Å². The summed E-state index contributed by atoms with van der Waals surface area (Å²) in [5, 5.41) is 12.9. The van der Waals surface area contributed by atoms with Gasteiger partial charge in [0.1, 0.15) is 0 Å². The van der Waals surface area contributed by atoms with E-state index in [-0.39, 0.29) is 23.3 Å². The lowest BCUT2D eigenvalue weighted by Crippen LogP contribution is -2.51. The van der Waals surface area contributed by atoms with E-state index in [1.54, 1.807) is 13.8 Å². The third kappa shape index (κ3) is 2.95. The smallest absolute Gasteiger partial charge is 0.239 e. The summed E-state index contributed by atoms with van der Waals surface area (Å²) in [6.07, 6.45) is 1.63. The molecule has 0 bridgehead atoms. The van der Waals surface area contributed by atoms with Crippen LogP contribution in [0.5, 0.6) is 0 Å². The van der Waals surface area contributed by atoms with E-state index < -0.39 is 5.54 Å². The van der Waals surface area contributed by atoms with Crippen LogP contribution < -0.4 is 11.1 Å². The van der Waals surface area contributed by atoms with Crippen molar-refractivity contribution in [1.29, 1.82) is 0 Å². The van der Waals surface area contributed by atoms with Crippen molar-refractivity contribution in [2.24, 2.45) is 17.1 Å². The zero-order valence-electron chi connectivity index (χ0n) is 10.7. The molecule has 0 aromatic carbocycles. The lowest BCUT2D eigenvalue weighted by Gasteiger charge is -2.27. The van der Waals surface area contributed by atoms with Gasteiger partial charge in [-0.3, -0.25) is 4.79 Å². The number of amides is 1. The highest BCUT2D eigenvalue weighted by Crippen LogP contribution is 2.50. The third-order valence-electron chi connectivity index (χ3n) is 3.34. The first-order chi connectivity index (χ1) is 7.19. The molecule has 0 spiro atoms. The molecule has 0 radical (unpaired) electrons. The summed E-state index contributed by atoms with van der Waals surface area (Å²) in [6, 6.07) is 0. The number of nitrogens with two attached hydrogens (primary N) is 1. The van der Waals surface area contributed by atoms with Gasteiger partial charge in [0.15, 0.2) is 0 Å². The Balaban J connectivity index is 2.47. The third-order valence-corrected chi connectivity index (χ3v) is 3.34. The molecule has 1 atom stereocenters. The van der Waals surface area contributed by atoms with E-state index in [1.165, 1.54) is 0 Å². The molecular weight excluding hydrogens is 204 g/mol. The average Bonchev–Trinajstić information content (AvgIpc) is 2.92. The summed E-state index contributed by atoms with van der Waals surface area (Å²) in [7, 11) is 0. The van der Waals surface area contributed by atoms with Gasteiger partial charge < -0.3 is 16.2 Å². The van der Waals surface area contributed by atoms with E-state index in [0.717, 1.165) is 12.8 Å². The van der Waals surface area contributed by atoms with E-state index in [2.05, 4.69) is 5.32 Å². The molecule has 4 nitrogen and oxygen atoms in total. The Morgan fingerprint density at radius 3 is 2.31 bits per heavy atom. The van der Waals surface area contributed by atoms with Gasteiger partial charge in [-0.1, -0.05) is 13.8 Å². The molecule has 0 aromatic rings. The highest BCUT2D eigenvalue weighted by molar-refractivity contribution is 5.85. The maximum absolute atomic E-state index is 11.6. The molecule has 1 aliphatic rings. The summed E-state index contributed by atoms with van der Waals surface area (Å²) >= 11 is 0. The molecule has 1 saturated carbocycles. The van der Waals surface area contributed by atoms with Crippen LogP contribution in [0.3, 0.4) is 0 Å². The Morgan fingerprint density at radius 2 is 2.00 bits per heavy atom. The fourth-order valence-corrected chi connectivity index (χ4v) is 1.93. The van der Waals surface area contributed by atoms with E-state index in [9.17, 15) is 9.90 Å². The van der Waals surface area contributed by atoms with Gasteiger partial charge in [0.2, 0.25) is 5.91 Å². The number of carbonyl (C=O) groups is 1. The van der Waals surface area contributed by atoms with Crippen LogP contribution in [0.4, 0.5) is 0 Å². The molecule has 0 heterocycles. The van der Waals surface area contributed by atoms with Crippen molar-refractivity contribution < 1.29 is 9.90 Å². The zero-order chi connectivity index (χ0) is 12.6. The van der Waals surface area contributed by atoms with Crippen molar-refractivity contribution >= 4 is 5.91 Å². The summed E-state index contributed by atoms with van der Waals surface area (Å²) in [6.45, 7) is 7.90. The van der Waals surface area contributed by atoms with Crippen LogP contribution in [0.1, 0.15) is 40.5 Å². The van der Waals surface area contributed by atoms with Gasteiger partial charge >= 0.3 is 0 Å². The van der Waals surface area contributed by atoms with E-state index in [1.807, 2.05) is 13.8 Å². The first kappa shape index (κ1) is 13.5. The second-order valence-electron chi connectivity index (χ2n) is 5.96. The molecule has 0 aliphatic heterocycles. The van der Waals surface area contributed by atoms with E-state index in [4.69, 9.17) is 5.73 Å². The van der Waals surface area contributed by atoms with Crippen molar-refractivity contribution in [3.8, 4) is 0 Å². The topological polar surface area (TPSA) is 75.3 Å². The molecule has 1 rings (SSSR count). The van der Waals surface area contributed by atoms with Crippen LogP contribution in [0.25, 0.3) is 0 Å². The Hall–Kier alpha value is -0.610. The Kier molecular flexibility index (Phi) is 3.65. The van der Waals surface area contributed by atoms with Crippen molar-refractivity contribution in [2.75, 3.05) is 6.54 Å². The van der Waals surface area contributed by atoms with Crippen LogP contribution in [0, 0.1) is 11.3 Å². The number of nitrogens with one attached hydrogen (secondary N) is 1. The van der Waals surface area contributed by atoms with Crippen LogP contribution in [0.2, 0.25) is 0 Å². The predicted octanol–water partition coefficient (Wildman–Crippen LogP) is 0.637. The number of carbonyl (C=O) groups excluding carboxylic acids is 1. The second kappa shape index (κ2) is 4.34. The lowest BCUT2D eigenvalue weighted by molar-refractivity contribution is -0.125. The summed E-state index contributed by atoms with van der Waals surface area (Å²) in [5.74, 6) is 0.0695. The van der Waals surface area contributed by atoms with Crippen LogP contribution >= 0.6 is 0 Å². The summed E-state index contributed by atoms with van der Waals surface area (Å²) in [5.41, 5.74) is 4.74. The molecule has 1 fully saturated rings. The van der Waals surface area contributed by atoms with Crippen LogP contribution in [-0.2, 0) is 4.79 Å². The average molecular weight is 228 g/mol. The van der Waals surface area contributed by atoms with E-state index >= 15 is 0 Å². The fourth-order valence-electron chi connectivity index (χ4n) is 1.93. The molecule has 1 unspecified atom stereocenters. The lowest BCUT2D eigenvalue weighted by atomic mass is 9.90. The molecule has 16 heavy (non-hydrogen) atoms. The van der Waals surface area contributed by atoms with E-state index in [0.29, 0.717) is 6.54 Å². The zero-order valence-corrected chi connectivity index (χ0v) is 10.7. The van der Waals surface area contributed by atoms with Gasteiger partial charge in [-0.25, -0.2) is 0 Å². The Labute approximate surface area is 97.6 Å². The number of hydrogen-bond donors (Lipinski definition) is 3. The maximum Gasteiger partial charge on any atom is 0.239 e. The van der Waals surface area contributed by atoms with Crippen LogP contribution in [-0.4, -0.2) is 29.2 Å². The van der Waals surface area contributed by atoms with Crippen molar-refractivity contribution in [1.82, 2.24) is 5.32 Å². The Bertz CT molecular complexity index is 265. The highest BCUT2D eigenvalue weighted by Gasteiger charge is 2.50. The standard InChI is InChI=1S/C12H24N2O2/c1-8(2)9(15)12(5-6-12)7-14-10(16)11(3,4)13/h8-9,15H,5-7,13H2,1-4H3,(H,14,16). The monoisotopic (exact) mass is 228 g/mol. The normalized spacial score (nSPS) is 20.7. The summed E-state index contributed by atoms with van der Waals surface area (Å²) < 4.78 is 0. The summed E-state index contributed by atoms with van der Waals surface area (Å²) in [4.78, 5) is 11.6. The molecular formula is C12H24N2O2. The molecule has 0 aromatic heterocycles. The quantitative estimate of drug-likeness (QED) is 0.646. The van der Waals surface area contributed by atoms with Gasteiger partial charge in [0.25, 0.3) is 0 Å². The fraction of sp³-hybridized carbons (Fsp3) is 0.917.